The summed E-state index contributed by atoms with van der Waals surface area (Å²) in [5.41, 5.74) is 1.60. The van der Waals surface area contributed by atoms with Crippen LogP contribution in [-0.4, -0.2) is 16.3 Å². The number of carbonyl (C=O) groups excluding carboxylic acids is 2. The first-order chi connectivity index (χ1) is 14.0. The first kappa shape index (κ1) is 18.4. The molecule has 0 aliphatic rings. The number of benzene rings is 3. The van der Waals surface area contributed by atoms with Gasteiger partial charge in [-0.05, 0) is 60.7 Å². The Labute approximate surface area is 163 Å². The molecule has 0 amide bonds. The van der Waals surface area contributed by atoms with Crippen molar-refractivity contribution < 1.29 is 23.1 Å². The van der Waals surface area contributed by atoms with E-state index >= 15 is 0 Å². The predicted octanol–water partition coefficient (Wildman–Crippen LogP) is 3.57. The Kier molecular flexibility index (Phi) is 4.78. The van der Waals surface area contributed by atoms with Gasteiger partial charge in [0.1, 0.15) is 18.1 Å². The largest absolute Gasteiger partial charge is 0.425 e. The second-order valence-electron chi connectivity index (χ2n) is 6.26. The van der Waals surface area contributed by atoms with Crippen LogP contribution in [0.2, 0.25) is 0 Å². The molecule has 0 saturated carbocycles. The quantitative estimate of drug-likeness (QED) is 0.295. The molecule has 0 unspecified atom stereocenters. The van der Waals surface area contributed by atoms with Crippen LogP contribution < -0.4 is 10.5 Å². The van der Waals surface area contributed by atoms with Gasteiger partial charge in [0.05, 0.1) is 5.52 Å². The van der Waals surface area contributed by atoms with Gasteiger partial charge in [0.25, 0.3) is 0 Å². The number of esters is 1. The molecule has 0 atom stereocenters. The van der Waals surface area contributed by atoms with Crippen LogP contribution in [-0.2, 0) is 11.3 Å². The number of carbonyl (C=O) groups is 2. The molecule has 1 heterocycles. The molecular formula is C22H14FNO5. The Morgan fingerprint density at radius 3 is 2.21 bits per heavy atom. The van der Waals surface area contributed by atoms with Crippen molar-refractivity contribution in [2.75, 3.05) is 0 Å². The van der Waals surface area contributed by atoms with E-state index in [1.807, 2.05) is 0 Å². The first-order valence-corrected chi connectivity index (χ1v) is 8.70. The molecule has 4 aromatic rings. The van der Waals surface area contributed by atoms with Gasteiger partial charge < -0.3 is 9.15 Å². The van der Waals surface area contributed by atoms with E-state index in [2.05, 4.69) is 0 Å². The molecule has 0 aliphatic heterocycles. The summed E-state index contributed by atoms with van der Waals surface area (Å²) in [5.74, 6) is -1.78. The Morgan fingerprint density at radius 1 is 0.897 bits per heavy atom. The van der Waals surface area contributed by atoms with E-state index in [9.17, 15) is 18.8 Å². The highest BCUT2D eigenvalue weighted by molar-refractivity contribution is 6.09. The first-order valence-electron chi connectivity index (χ1n) is 8.70. The Balaban J connectivity index is 1.46. The number of para-hydroxylation sites is 2. The number of hydrogen-bond acceptors (Lipinski definition) is 5. The predicted molar refractivity (Wildman–Crippen MR) is 102 cm³/mol. The van der Waals surface area contributed by atoms with Gasteiger partial charge in [-0.15, -0.1) is 0 Å². The van der Waals surface area contributed by atoms with Crippen molar-refractivity contribution in [2.45, 2.75) is 6.54 Å². The molecule has 0 radical (unpaired) electrons. The van der Waals surface area contributed by atoms with Crippen molar-refractivity contribution in [3.8, 4) is 5.75 Å². The van der Waals surface area contributed by atoms with Crippen LogP contribution in [0.4, 0.5) is 4.39 Å². The minimum atomic E-state index is -0.656. The van der Waals surface area contributed by atoms with E-state index in [0.29, 0.717) is 22.2 Å². The van der Waals surface area contributed by atoms with Gasteiger partial charge in [-0.2, -0.15) is 0 Å². The highest BCUT2D eigenvalue weighted by Crippen LogP contribution is 2.17. The number of halogens is 1. The molecule has 0 bridgehead atoms. The van der Waals surface area contributed by atoms with Gasteiger partial charge in [-0.25, -0.2) is 14.0 Å². The minimum Gasteiger partial charge on any atom is -0.425 e. The molecule has 0 spiro atoms. The second kappa shape index (κ2) is 7.55. The van der Waals surface area contributed by atoms with E-state index in [1.54, 1.807) is 24.3 Å². The van der Waals surface area contributed by atoms with Gasteiger partial charge in [-0.3, -0.25) is 9.36 Å². The van der Waals surface area contributed by atoms with Crippen molar-refractivity contribution in [1.29, 1.82) is 0 Å². The smallest absolute Gasteiger partial charge is 0.420 e. The van der Waals surface area contributed by atoms with Crippen molar-refractivity contribution in [3.63, 3.8) is 0 Å². The van der Waals surface area contributed by atoms with Crippen LogP contribution in [0.3, 0.4) is 0 Å². The molecule has 0 fully saturated rings. The number of oxazole rings is 1. The fourth-order valence-corrected chi connectivity index (χ4v) is 2.90. The number of ketones is 1. The Morgan fingerprint density at radius 2 is 1.52 bits per heavy atom. The number of nitrogens with zero attached hydrogens (tertiary/aromatic N) is 1. The van der Waals surface area contributed by atoms with E-state index < -0.39 is 17.5 Å². The summed E-state index contributed by atoms with van der Waals surface area (Å²) >= 11 is 0. The zero-order valence-electron chi connectivity index (χ0n) is 15.0. The van der Waals surface area contributed by atoms with Crippen molar-refractivity contribution in [1.82, 2.24) is 4.57 Å². The average molecular weight is 391 g/mol. The van der Waals surface area contributed by atoms with Crippen LogP contribution in [0.1, 0.15) is 15.9 Å². The van der Waals surface area contributed by atoms with Gasteiger partial charge in [-0.1, -0.05) is 12.1 Å². The lowest BCUT2D eigenvalue weighted by atomic mass is 10.0. The highest BCUT2D eigenvalue weighted by Gasteiger charge is 2.14. The fraction of sp³-hybridized carbons (Fsp3) is 0.0455. The minimum absolute atomic E-state index is 0.228. The lowest BCUT2D eigenvalue weighted by molar-refractivity contribution is -0.135. The van der Waals surface area contributed by atoms with Crippen molar-refractivity contribution in [3.05, 3.63) is 100 Å². The highest BCUT2D eigenvalue weighted by atomic mass is 19.1. The Hall–Kier alpha value is -4.00. The monoisotopic (exact) mass is 391 g/mol. The van der Waals surface area contributed by atoms with Crippen LogP contribution in [0, 0.1) is 5.82 Å². The molecule has 29 heavy (non-hydrogen) atoms. The second-order valence-corrected chi connectivity index (χ2v) is 6.26. The van der Waals surface area contributed by atoms with E-state index in [1.165, 1.54) is 53.1 Å². The van der Waals surface area contributed by atoms with Crippen LogP contribution in [0.5, 0.6) is 5.75 Å². The number of rotatable bonds is 5. The van der Waals surface area contributed by atoms with Crippen LogP contribution in [0.15, 0.2) is 82.0 Å². The normalized spacial score (nSPS) is 10.8. The molecule has 144 valence electrons. The molecule has 4 rings (SSSR count). The molecule has 0 saturated heterocycles. The van der Waals surface area contributed by atoms with E-state index in [4.69, 9.17) is 9.15 Å². The third kappa shape index (κ3) is 3.84. The lowest BCUT2D eigenvalue weighted by Gasteiger charge is -2.06. The molecule has 0 N–H and O–H groups in total. The molecule has 3 aromatic carbocycles. The van der Waals surface area contributed by atoms with E-state index in [0.717, 1.165) is 0 Å². The standard InChI is InChI=1S/C22H14FNO5/c23-16-9-5-14(6-10-16)21(26)15-7-11-17(12-8-15)28-20(25)13-24-18-3-1-2-4-19(18)29-22(24)27/h1-12H,13H2. The topological polar surface area (TPSA) is 78.5 Å². The van der Waals surface area contributed by atoms with Gasteiger partial charge in [0, 0.05) is 11.1 Å². The maximum atomic E-state index is 13.0. The lowest BCUT2D eigenvalue weighted by Crippen LogP contribution is -2.23. The SMILES string of the molecule is O=C(Cn1c(=O)oc2ccccc21)Oc1ccc(C(=O)c2ccc(F)cc2)cc1. The zero-order valence-corrected chi connectivity index (χ0v) is 15.0. The number of hydrogen-bond donors (Lipinski definition) is 0. The Bertz CT molecular complexity index is 1250. The summed E-state index contributed by atoms with van der Waals surface area (Å²) in [5, 5.41) is 0. The molecule has 6 nitrogen and oxygen atoms in total. The molecule has 1 aromatic heterocycles. The summed E-state index contributed by atoms with van der Waals surface area (Å²) in [6, 6.07) is 18.0. The van der Waals surface area contributed by atoms with Crippen LogP contribution >= 0.6 is 0 Å². The molecule has 7 heteroatoms. The number of ether oxygens (including phenoxy) is 1. The summed E-state index contributed by atoms with van der Waals surface area (Å²) < 4.78 is 24.5. The summed E-state index contributed by atoms with van der Waals surface area (Å²) in [4.78, 5) is 36.5. The summed E-state index contributed by atoms with van der Waals surface area (Å²) in [6.45, 7) is -0.313. The number of fused-ring (bicyclic) bond motifs is 1. The van der Waals surface area contributed by atoms with Gasteiger partial charge in [0.2, 0.25) is 0 Å². The maximum Gasteiger partial charge on any atom is 0.420 e. The van der Waals surface area contributed by atoms with Gasteiger partial charge >= 0.3 is 11.7 Å². The van der Waals surface area contributed by atoms with Crippen molar-refractivity contribution in [2.24, 2.45) is 0 Å². The summed E-state index contributed by atoms with van der Waals surface area (Å²) in [7, 11) is 0. The molecular weight excluding hydrogens is 377 g/mol. The maximum absolute atomic E-state index is 13.0. The fourth-order valence-electron chi connectivity index (χ4n) is 2.90. The van der Waals surface area contributed by atoms with Crippen LogP contribution in [0.25, 0.3) is 11.1 Å². The van der Waals surface area contributed by atoms with E-state index in [-0.39, 0.29) is 18.1 Å². The third-order valence-corrected chi connectivity index (χ3v) is 4.32. The average Bonchev–Trinajstić information content (AvgIpc) is 3.04. The number of aromatic nitrogens is 1. The van der Waals surface area contributed by atoms with Gasteiger partial charge in [0.15, 0.2) is 11.4 Å². The third-order valence-electron chi connectivity index (χ3n) is 4.32. The molecule has 0 aliphatic carbocycles. The zero-order chi connectivity index (χ0) is 20.4. The summed E-state index contributed by atoms with van der Waals surface area (Å²) in [6.07, 6.45) is 0. The van der Waals surface area contributed by atoms with Crippen molar-refractivity contribution >= 4 is 22.9 Å².